The molecule has 5 aromatic rings. The molecule has 4 heterocycles. The van der Waals surface area contributed by atoms with Gasteiger partial charge < -0.3 is 24.3 Å². The van der Waals surface area contributed by atoms with Crippen LogP contribution in [0, 0.1) is 5.82 Å². The average molecular weight is 779 g/mol. The third-order valence-electron chi connectivity index (χ3n) is 9.51. The molecule has 0 bridgehead atoms. The molecule has 57 heavy (non-hydrogen) atoms. The first-order valence-electron chi connectivity index (χ1n) is 18.2. The fourth-order valence-electron chi connectivity index (χ4n) is 6.64. The number of rotatable bonds is 12. The summed E-state index contributed by atoms with van der Waals surface area (Å²) < 4.78 is 38.6. The van der Waals surface area contributed by atoms with Crippen LogP contribution in [0.25, 0.3) is 22.6 Å². The predicted molar refractivity (Wildman–Crippen MR) is 201 cm³/mol. The zero-order valence-electron chi connectivity index (χ0n) is 31.2. The minimum atomic E-state index is -1.27. The smallest absolute Gasteiger partial charge is 0.414 e. The predicted octanol–water partition coefficient (Wildman–Crippen LogP) is 4.04. The summed E-state index contributed by atoms with van der Waals surface area (Å²) in [6.45, 7) is 1.71. The largest absolute Gasteiger partial charge is 0.450 e. The maximum atomic E-state index is 15.4. The number of amides is 2. The first-order chi connectivity index (χ1) is 27.5. The molecule has 2 saturated heterocycles. The third-order valence-corrected chi connectivity index (χ3v) is 9.51. The molecule has 2 aromatic heterocycles. The second-order valence-electron chi connectivity index (χ2n) is 13.7. The Bertz CT molecular complexity index is 2230. The number of hydrogen-bond donors (Lipinski definition) is 1. The van der Waals surface area contributed by atoms with Crippen LogP contribution >= 0.6 is 0 Å². The summed E-state index contributed by atoms with van der Waals surface area (Å²) in [7, 11) is 3.33. The van der Waals surface area contributed by atoms with Crippen LogP contribution in [0.4, 0.5) is 14.9 Å². The molecule has 0 saturated carbocycles. The molecule has 1 N–H and O–H groups in total. The fraction of sp³-hybridized carbons (Fsp3) is 0.300. The molecule has 2 amide bonds. The van der Waals surface area contributed by atoms with Crippen LogP contribution in [0.5, 0.6) is 0 Å². The number of tetrazole rings is 1. The summed E-state index contributed by atoms with van der Waals surface area (Å²) in [6, 6.07) is 23.9. The lowest BCUT2D eigenvalue weighted by atomic mass is 9.98. The summed E-state index contributed by atoms with van der Waals surface area (Å²) >= 11 is 0. The number of nitrogens with zero attached hydrogens (tertiary/aromatic N) is 7. The highest BCUT2D eigenvalue weighted by Crippen LogP contribution is 2.31. The lowest BCUT2D eigenvalue weighted by Crippen LogP contribution is -2.58. The minimum absolute atomic E-state index is 0.0118. The van der Waals surface area contributed by atoms with E-state index in [9.17, 15) is 19.2 Å². The Morgan fingerprint density at radius 1 is 0.965 bits per heavy atom. The van der Waals surface area contributed by atoms with Crippen molar-refractivity contribution in [2.24, 2.45) is 7.05 Å². The quantitative estimate of drug-likeness (QED) is 0.142. The number of carbonyl (C=O) groups is 4. The van der Waals surface area contributed by atoms with Crippen molar-refractivity contribution >= 4 is 29.6 Å². The van der Waals surface area contributed by atoms with Gasteiger partial charge in [-0.15, -0.1) is 10.2 Å². The van der Waals surface area contributed by atoms with Crippen molar-refractivity contribution in [2.45, 2.75) is 44.0 Å². The number of aryl methyl sites for hydroxylation is 1. The maximum Gasteiger partial charge on any atom is 0.414 e. The minimum Gasteiger partial charge on any atom is -0.450 e. The van der Waals surface area contributed by atoms with Crippen molar-refractivity contribution in [2.75, 3.05) is 31.6 Å². The summed E-state index contributed by atoms with van der Waals surface area (Å²) in [5.41, 5.74) is 2.15. The van der Waals surface area contributed by atoms with E-state index in [0.717, 1.165) is 0 Å². The molecule has 3 aromatic carbocycles. The number of pyridine rings is 1. The van der Waals surface area contributed by atoms with Gasteiger partial charge in [-0.3, -0.25) is 19.6 Å². The molecular formula is C40H39FN8O8. The zero-order valence-corrected chi connectivity index (χ0v) is 31.2. The lowest BCUT2D eigenvalue weighted by molar-refractivity contribution is -0.231. The van der Waals surface area contributed by atoms with Gasteiger partial charge >= 0.3 is 18.0 Å². The van der Waals surface area contributed by atoms with Crippen LogP contribution in [0.1, 0.15) is 34.1 Å². The van der Waals surface area contributed by atoms with Crippen LogP contribution in [0.3, 0.4) is 0 Å². The molecule has 0 unspecified atom stereocenters. The molecule has 0 radical (unpaired) electrons. The first kappa shape index (κ1) is 38.7. The highest BCUT2D eigenvalue weighted by atomic mass is 19.1. The van der Waals surface area contributed by atoms with Crippen LogP contribution in [0.2, 0.25) is 0 Å². The number of benzene rings is 3. The molecule has 7 rings (SSSR count). The highest BCUT2D eigenvalue weighted by molar-refractivity contribution is 5.91. The molecule has 2 aliphatic rings. The Kier molecular flexibility index (Phi) is 11.6. The molecular weight excluding hydrogens is 739 g/mol. The molecule has 294 valence electrons. The number of anilines is 1. The number of esters is 2. The number of hydrogen-bond acceptors (Lipinski definition) is 13. The average Bonchev–Trinajstić information content (AvgIpc) is 3.83. The topological polar surface area (TPSA) is 180 Å². The standard InChI is InChI=1S/C40H39FN8O8/c1-24-18-33(35(56-37(51)25-10-6-4-7-11-25)39(54-24)57-38(52)26-12-8-5-9-13-26)47(2)23-34(50)43-21-29-22-49(40(53)55-29)28-15-16-30(31(41)19-28)27-14-17-32(42-20-27)36-44-46-48(3)45-36/h4-17,19-20,24,29,33,35,39H,18,21-23H2,1-3H3,(H,43,50)/t24-,29+,33-,35-,39+/m1/s1. The molecule has 0 aliphatic carbocycles. The number of carbonyl (C=O) groups excluding carboxylic acids is 4. The van der Waals surface area contributed by atoms with Gasteiger partial charge in [0.15, 0.2) is 6.10 Å². The number of ether oxygens (including phenoxy) is 4. The number of nitrogens with one attached hydrogen (secondary N) is 1. The van der Waals surface area contributed by atoms with Gasteiger partial charge in [-0.2, -0.15) is 4.80 Å². The Balaban J connectivity index is 0.967. The van der Waals surface area contributed by atoms with E-state index in [1.165, 1.54) is 22.0 Å². The Morgan fingerprint density at radius 3 is 2.30 bits per heavy atom. The summed E-state index contributed by atoms with van der Waals surface area (Å²) in [5, 5.41) is 14.6. The highest BCUT2D eigenvalue weighted by Gasteiger charge is 2.45. The molecule has 5 atom stereocenters. The fourth-order valence-corrected chi connectivity index (χ4v) is 6.64. The Labute approximate surface area is 326 Å². The second kappa shape index (κ2) is 17.1. The summed E-state index contributed by atoms with van der Waals surface area (Å²) in [4.78, 5) is 61.1. The van der Waals surface area contributed by atoms with Gasteiger partial charge in [-0.25, -0.2) is 18.8 Å². The van der Waals surface area contributed by atoms with Gasteiger partial charge in [0.05, 0.1) is 55.6 Å². The van der Waals surface area contributed by atoms with E-state index in [1.807, 2.05) is 0 Å². The second-order valence-corrected chi connectivity index (χ2v) is 13.7. The first-order valence-corrected chi connectivity index (χ1v) is 18.2. The SMILES string of the molecule is C[C@@H]1C[C@@H](N(C)CC(=O)NC[C@H]2CN(c3ccc(-c4ccc(-c5nnn(C)n5)nc4)c(F)c3)C(=O)O2)[C@@H](OC(=O)c2ccccc2)[C@H](OC(=O)c2ccccc2)O1. The van der Waals surface area contributed by atoms with Gasteiger partial charge in [-0.05, 0) is 74.1 Å². The number of halogens is 1. The monoisotopic (exact) mass is 778 g/mol. The van der Waals surface area contributed by atoms with E-state index >= 15 is 4.39 Å². The van der Waals surface area contributed by atoms with E-state index in [1.54, 1.807) is 111 Å². The summed E-state index contributed by atoms with van der Waals surface area (Å²) in [5.74, 6) is -1.94. The van der Waals surface area contributed by atoms with Gasteiger partial charge in [0.1, 0.15) is 17.6 Å². The van der Waals surface area contributed by atoms with Crippen molar-refractivity contribution in [1.82, 2.24) is 35.4 Å². The summed E-state index contributed by atoms with van der Waals surface area (Å²) in [6.07, 6.45) is -2.33. The molecule has 16 nitrogen and oxygen atoms in total. The molecule has 0 spiro atoms. The van der Waals surface area contributed by atoms with Gasteiger partial charge in [0.2, 0.25) is 18.0 Å². The van der Waals surface area contributed by atoms with Gasteiger partial charge in [0.25, 0.3) is 0 Å². The van der Waals surface area contributed by atoms with Gasteiger partial charge in [-0.1, -0.05) is 42.5 Å². The Hall–Kier alpha value is -6.59. The van der Waals surface area contributed by atoms with E-state index in [-0.39, 0.29) is 30.9 Å². The van der Waals surface area contributed by atoms with Crippen LogP contribution in [-0.4, -0.2) is 111 Å². The van der Waals surface area contributed by atoms with Crippen molar-refractivity contribution in [1.29, 1.82) is 0 Å². The maximum absolute atomic E-state index is 15.4. The lowest BCUT2D eigenvalue weighted by Gasteiger charge is -2.43. The molecule has 2 fully saturated rings. The van der Waals surface area contributed by atoms with E-state index in [4.69, 9.17) is 18.9 Å². The van der Waals surface area contributed by atoms with Gasteiger partial charge in [0, 0.05) is 17.3 Å². The van der Waals surface area contributed by atoms with E-state index < -0.39 is 60.4 Å². The van der Waals surface area contributed by atoms with Crippen molar-refractivity contribution in [3.05, 3.63) is 114 Å². The molecule has 2 aliphatic heterocycles. The number of aromatic nitrogens is 5. The van der Waals surface area contributed by atoms with E-state index in [2.05, 4.69) is 25.7 Å². The third kappa shape index (κ3) is 9.11. The Morgan fingerprint density at radius 2 is 1.67 bits per heavy atom. The van der Waals surface area contributed by atoms with Crippen molar-refractivity contribution in [3.63, 3.8) is 0 Å². The van der Waals surface area contributed by atoms with Crippen molar-refractivity contribution < 1.29 is 42.5 Å². The van der Waals surface area contributed by atoms with Crippen LogP contribution < -0.4 is 10.2 Å². The van der Waals surface area contributed by atoms with Crippen molar-refractivity contribution in [3.8, 4) is 22.6 Å². The number of cyclic esters (lactones) is 1. The number of likely N-dealkylation sites (N-methyl/N-ethyl adjacent to an activating group) is 1. The molecule has 17 heteroatoms. The van der Waals surface area contributed by atoms with Crippen LogP contribution in [-0.2, 0) is 30.8 Å². The van der Waals surface area contributed by atoms with Crippen LogP contribution in [0.15, 0.2) is 97.2 Å². The van der Waals surface area contributed by atoms with E-state index in [0.29, 0.717) is 34.6 Å². The normalized spacial score (nSPS) is 20.5. The zero-order chi connectivity index (χ0) is 40.1.